The zero-order chi connectivity index (χ0) is 14.5. The van der Waals surface area contributed by atoms with Gasteiger partial charge in [-0.3, -0.25) is 4.79 Å². The summed E-state index contributed by atoms with van der Waals surface area (Å²) in [6, 6.07) is 8.25. The number of carbonyl (C=O) groups is 1. The summed E-state index contributed by atoms with van der Waals surface area (Å²) < 4.78 is 1.91. The number of aromatic nitrogens is 2. The third-order valence-electron chi connectivity index (χ3n) is 3.84. The summed E-state index contributed by atoms with van der Waals surface area (Å²) >= 11 is 0. The van der Waals surface area contributed by atoms with Gasteiger partial charge in [-0.2, -0.15) is 0 Å². The number of hydrogen-bond acceptors (Lipinski definition) is 3. The van der Waals surface area contributed by atoms with Gasteiger partial charge in [0.2, 0.25) is 5.91 Å². The lowest BCUT2D eigenvalue weighted by Gasteiger charge is -2.12. The maximum atomic E-state index is 12.0. The Labute approximate surface area is 124 Å². The lowest BCUT2D eigenvalue weighted by Crippen LogP contribution is -2.34. The summed E-state index contributed by atoms with van der Waals surface area (Å²) in [4.78, 5) is 16.0. The van der Waals surface area contributed by atoms with Crippen LogP contribution in [0.3, 0.4) is 0 Å². The fourth-order valence-corrected chi connectivity index (χ4v) is 2.73. The zero-order valence-corrected chi connectivity index (χ0v) is 12.0. The molecular formula is C16H20N4O. The van der Waals surface area contributed by atoms with Crippen LogP contribution in [0.1, 0.15) is 25.7 Å². The lowest BCUT2D eigenvalue weighted by atomic mass is 10.2. The normalized spacial score (nSPS) is 15.2. The lowest BCUT2D eigenvalue weighted by molar-refractivity contribution is -0.115. The van der Waals surface area contributed by atoms with E-state index in [0.717, 1.165) is 11.4 Å². The van der Waals surface area contributed by atoms with E-state index < -0.39 is 0 Å². The van der Waals surface area contributed by atoms with Crippen molar-refractivity contribution >= 4 is 11.6 Å². The molecule has 1 saturated carbocycles. The molecule has 21 heavy (non-hydrogen) atoms. The van der Waals surface area contributed by atoms with Crippen molar-refractivity contribution in [2.45, 2.75) is 31.7 Å². The van der Waals surface area contributed by atoms with Crippen LogP contribution in [0.15, 0.2) is 43.0 Å². The monoisotopic (exact) mass is 284 g/mol. The summed E-state index contributed by atoms with van der Waals surface area (Å²) in [5, 5.41) is 6.25. The van der Waals surface area contributed by atoms with E-state index in [9.17, 15) is 4.79 Å². The predicted molar refractivity (Wildman–Crippen MR) is 82.5 cm³/mol. The van der Waals surface area contributed by atoms with Crippen molar-refractivity contribution in [2.24, 2.45) is 0 Å². The van der Waals surface area contributed by atoms with E-state index in [-0.39, 0.29) is 5.91 Å². The molecule has 0 spiro atoms. The van der Waals surface area contributed by atoms with Crippen LogP contribution in [0.4, 0.5) is 5.69 Å². The quantitative estimate of drug-likeness (QED) is 0.886. The fourth-order valence-electron chi connectivity index (χ4n) is 2.73. The molecule has 0 aliphatic heterocycles. The molecule has 1 aliphatic rings. The molecule has 2 N–H and O–H groups in total. The first-order valence-electron chi connectivity index (χ1n) is 7.43. The molecule has 1 aliphatic carbocycles. The third kappa shape index (κ3) is 3.70. The summed E-state index contributed by atoms with van der Waals surface area (Å²) in [6.07, 6.45) is 10.3. The van der Waals surface area contributed by atoms with E-state index in [1.165, 1.54) is 25.7 Å². The molecule has 0 unspecified atom stereocenters. The Morgan fingerprint density at radius 2 is 2.19 bits per heavy atom. The first kappa shape index (κ1) is 13.8. The molecule has 5 heteroatoms. The number of anilines is 1. The standard InChI is InChI=1S/C16H20N4O/c21-16(11-18-13-4-1-2-5-13)19-14-6-3-7-15(10-14)20-9-8-17-12-20/h3,6-10,12-13,18H,1-2,4-5,11H2,(H,19,21). The number of nitrogens with zero attached hydrogens (tertiary/aromatic N) is 2. The highest BCUT2D eigenvalue weighted by Crippen LogP contribution is 2.17. The van der Waals surface area contributed by atoms with Crippen LogP contribution in [-0.2, 0) is 4.79 Å². The maximum Gasteiger partial charge on any atom is 0.238 e. The first-order valence-corrected chi connectivity index (χ1v) is 7.43. The molecule has 3 rings (SSSR count). The number of carbonyl (C=O) groups excluding carboxylic acids is 1. The van der Waals surface area contributed by atoms with Gasteiger partial charge in [0.25, 0.3) is 0 Å². The molecule has 1 amide bonds. The van der Waals surface area contributed by atoms with Crippen LogP contribution >= 0.6 is 0 Å². The Kier molecular flexibility index (Phi) is 4.31. The predicted octanol–water partition coefficient (Wildman–Crippen LogP) is 2.34. The summed E-state index contributed by atoms with van der Waals surface area (Å²) in [5.41, 5.74) is 1.79. The van der Waals surface area contributed by atoms with Crippen LogP contribution in [-0.4, -0.2) is 28.0 Å². The average molecular weight is 284 g/mol. The minimum absolute atomic E-state index is 0.00433. The molecule has 0 radical (unpaired) electrons. The fraction of sp³-hybridized carbons (Fsp3) is 0.375. The number of hydrogen-bond donors (Lipinski definition) is 2. The van der Waals surface area contributed by atoms with Crippen molar-refractivity contribution in [2.75, 3.05) is 11.9 Å². The van der Waals surface area contributed by atoms with Gasteiger partial charge >= 0.3 is 0 Å². The maximum absolute atomic E-state index is 12.0. The minimum atomic E-state index is 0.00433. The molecule has 0 bridgehead atoms. The van der Waals surface area contributed by atoms with Crippen molar-refractivity contribution in [3.63, 3.8) is 0 Å². The van der Waals surface area contributed by atoms with Crippen molar-refractivity contribution in [3.8, 4) is 5.69 Å². The summed E-state index contributed by atoms with van der Waals surface area (Å²) in [6.45, 7) is 0.375. The van der Waals surface area contributed by atoms with Crippen LogP contribution in [0.25, 0.3) is 5.69 Å². The van der Waals surface area contributed by atoms with Crippen LogP contribution in [0, 0.1) is 0 Å². The van der Waals surface area contributed by atoms with Gasteiger partial charge in [0, 0.05) is 29.8 Å². The van der Waals surface area contributed by atoms with Crippen molar-refractivity contribution in [1.82, 2.24) is 14.9 Å². The molecule has 0 atom stereocenters. The van der Waals surface area contributed by atoms with Crippen molar-refractivity contribution in [3.05, 3.63) is 43.0 Å². The SMILES string of the molecule is O=C(CNC1CCCC1)Nc1cccc(-n2ccnc2)c1. The number of rotatable bonds is 5. The molecule has 110 valence electrons. The number of nitrogens with one attached hydrogen (secondary N) is 2. The Morgan fingerprint density at radius 3 is 2.95 bits per heavy atom. The minimum Gasteiger partial charge on any atom is -0.325 e. The highest BCUT2D eigenvalue weighted by Gasteiger charge is 2.15. The van der Waals surface area contributed by atoms with Gasteiger partial charge in [0.05, 0.1) is 12.9 Å². The highest BCUT2D eigenvalue weighted by molar-refractivity contribution is 5.92. The Morgan fingerprint density at radius 1 is 1.33 bits per heavy atom. The van der Waals surface area contributed by atoms with Gasteiger partial charge in [-0.25, -0.2) is 4.98 Å². The van der Waals surface area contributed by atoms with E-state index in [0.29, 0.717) is 12.6 Å². The molecule has 0 saturated heterocycles. The van der Waals surface area contributed by atoms with Gasteiger partial charge in [-0.1, -0.05) is 18.9 Å². The third-order valence-corrected chi connectivity index (χ3v) is 3.84. The van der Waals surface area contributed by atoms with Crippen LogP contribution < -0.4 is 10.6 Å². The second-order valence-electron chi connectivity index (χ2n) is 5.43. The van der Waals surface area contributed by atoms with Gasteiger partial charge in [0.1, 0.15) is 0 Å². The summed E-state index contributed by atoms with van der Waals surface area (Å²) in [7, 11) is 0. The molecule has 2 aromatic rings. The first-order chi connectivity index (χ1) is 10.3. The van der Waals surface area contributed by atoms with Crippen LogP contribution in [0.5, 0.6) is 0 Å². The molecule has 1 heterocycles. The van der Waals surface area contributed by atoms with E-state index in [4.69, 9.17) is 0 Å². The van der Waals surface area contributed by atoms with E-state index >= 15 is 0 Å². The highest BCUT2D eigenvalue weighted by atomic mass is 16.1. The largest absolute Gasteiger partial charge is 0.325 e. The van der Waals surface area contributed by atoms with Crippen molar-refractivity contribution in [1.29, 1.82) is 0 Å². The number of amides is 1. The van der Waals surface area contributed by atoms with E-state index in [1.807, 2.05) is 35.0 Å². The number of imidazole rings is 1. The topological polar surface area (TPSA) is 59.0 Å². The Bertz CT molecular complexity index is 588. The molecule has 1 aromatic heterocycles. The van der Waals surface area contributed by atoms with Crippen molar-refractivity contribution < 1.29 is 4.79 Å². The van der Waals surface area contributed by atoms with E-state index in [1.54, 1.807) is 12.5 Å². The molecular weight excluding hydrogens is 264 g/mol. The second kappa shape index (κ2) is 6.54. The van der Waals surface area contributed by atoms with Gasteiger partial charge in [0.15, 0.2) is 0 Å². The van der Waals surface area contributed by atoms with Gasteiger partial charge < -0.3 is 15.2 Å². The molecule has 5 nitrogen and oxygen atoms in total. The van der Waals surface area contributed by atoms with Gasteiger partial charge in [-0.05, 0) is 31.0 Å². The number of benzene rings is 1. The van der Waals surface area contributed by atoms with Crippen LogP contribution in [0.2, 0.25) is 0 Å². The average Bonchev–Trinajstić information content (AvgIpc) is 3.19. The molecule has 1 aromatic carbocycles. The van der Waals surface area contributed by atoms with E-state index in [2.05, 4.69) is 15.6 Å². The second-order valence-corrected chi connectivity index (χ2v) is 5.43. The summed E-state index contributed by atoms with van der Waals surface area (Å²) in [5.74, 6) is 0.00433. The smallest absolute Gasteiger partial charge is 0.238 e. The Balaban J connectivity index is 1.56. The molecule has 1 fully saturated rings. The zero-order valence-electron chi connectivity index (χ0n) is 12.0. The van der Waals surface area contributed by atoms with Gasteiger partial charge in [-0.15, -0.1) is 0 Å². The Hall–Kier alpha value is -2.14.